The minimum atomic E-state index is -3.27. The minimum Gasteiger partial charge on any atom is -0.393 e. The van der Waals surface area contributed by atoms with E-state index in [4.69, 9.17) is 16.7 Å². The summed E-state index contributed by atoms with van der Waals surface area (Å²) in [6.07, 6.45) is -0.102. The molecule has 6 heteroatoms. The van der Waals surface area contributed by atoms with Gasteiger partial charge in [0.05, 0.1) is 11.9 Å². The first-order valence-corrected chi connectivity index (χ1v) is 6.30. The molecule has 0 saturated carbocycles. The Morgan fingerprint density at radius 3 is 2.38 bits per heavy atom. The number of aliphatic hydroxyl groups excluding tert-OH is 1. The van der Waals surface area contributed by atoms with Crippen molar-refractivity contribution < 1.29 is 13.5 Å². The first-order valence-electron chi connectivity index (χ1n) is 4.11. The van der Waals surface area contributed by atoms with Crippen LogP contribution >= 0.6 is 11.6 Å². The minimum absolute atomic E-state index is 0.0801. The first-order chi connectivity index (χ1) is 5.87. The predicted molar refractivity (Wildman–Crippen MR) is 53.4 cm³/mol. The van der Waals surface area contributed by atoms with Crippen LogP contribution in [0.15, 0.2) is 0 Å². The lowest BCUT2D eigenvalue weighted by Gasteiger charge is -2.14. The number of rotatable bonds is 6. The summed E-state index contributed by atoms with van der Waals surface area (Å²) in [5.41, 5.74) is 0. The summed E-state index contributed by atoms with van der Waals surface area (Å²) in [5, 5.41) is 8.99. The normalized spacial score (nSPS) is 16.9. The summed E-state index contributed by atoms with van der Waals surface area (Å²) in [6.45, 7) is 3.32. The SMILES string of the molecule is CC(O)CC(C)NS(=O)(=O)CCCl. The highest BCUT2D eigenvalue weighted by molar-refractivity contribution is 7.89. The van der Waals surface area contributed by atoms with Gasteiger partial charge in [0.2, 0.25) is 10.0 Å². The van der Waals surface area contributed by atoms with Crippen LogP contribution in [0.4, 0.5) is 0 Å². The average molecular weight is 230 g/mol. The Bertz CT molecular complexity index is 228. The van der Waals surface area contributed by atoms with Crippen molar-refractivity contribution >= 4 is 21.6 Å². The molecule has 0 aromatic carbocycles. The molecule has 0 aliphatic carbocycles. The number of nitrogens with one attached hydrogen (secondary N) is 1. The third kappa shape index (κ3) is 7.25. The Morgan fingerprint density at radius 2 is 2.00 bits per heavy atom. The molecule has 0 aliphatic heterocycles. The second-order valence-corrected chi connectivity index (χ2v) is 5.36. The zero-order valence-electron chi connectivity index (χ0n) is 7.83. The van der Waals surface area contributed by atoms with Crippen LogP contribution in [0.5, 0.6) is 0 Å². The highest BCUT2D eigenvalue weighted by Gasteiger charge is 2.14. The lowest BCUT2D eigenvalue weighted by Crippen LogP contribution is -2.36. The first kappa shape index (κ1) is 13.2. The maximum Gasteiger partial charge on any atom is 0.213 e. The number of sulfonamides is 1. The molecule has 0 aliphatic rings. The number of hydrogen-bond donors (Lipinski definition) is 2. The molecular formula is C7H16ClNO3S. The van der Waals surface area contributed by atoms with Gasteiger partial charge in [-0.15, -0.1) is 11.6 Å². The van der Waals surface area contributed by atoms with E-state index in [1.165, 1.54) is 0 Å². The number of hydrogen-bond acceptors (Lipinski definition) is 3. The molecule has 0 radical (unpaired) electrons. The van der Waals surface area contributed by atoms with Crippen molar-refractivity contribution in [2.24, 2.45) is 0 Å². The van der Waals surface area contributed by atoms with Gasteiger partial charge in [-0.2, -0.15) is 0 Å². The summed E-state index contributed by atoms with van der Waals surface area (Å²) in [7, 11) is -3.27. The molecule has 0 saturated heterocycles. The van der Waals surface area contributed by atoms with E-state index in [0.29, 0.717) is 6.42 Å². The molecule has 0 bridgehead atoms. The van der Waals surface area contributed by atoms with Gasteiger partial charge in [0.25, 0.3) is 0 Å². The van der Waals surface area contributed by atoms with Crippen molar-refractivity contribution in [3.8, 4) is 0 Å². The summed E-state index contributed by atoms with van der Waals surface area (Å²) in [5.74, 6) is -0.00453. The van der Waals surface area contributed by atoms with Crippen molar-refractivity contribution in [1.29, 1.82) is 0 Å². The van der Waals surface area contributed by atoms with Gasteiger partial charge >= 0.3 is 0 Å². The molecule has 2 N–H and O–H groups in total. The van der Waals surface area contributed by atoms with Crippen LogP contribution in [-0.4, -0.2) is 37.3 Å². The van der Waals surface area contributed by atoms with E-state index in [0.717, 1.165) is 0 Å². The largest absolute Gasteiger partial charge is 0.393 e. The van der Waals surface area contributed by atoms with Gasteiger partial charge in [-0.25, -0.2) is 13.1 Å². The summed E-state index contributed by atoms with van der Waals surface area (Å²) in [6, 6.07) is -0.256. The fourth-order valence-electron chi connectivity index (χ4n) is 1.03. The Hall–Kier alpha value is 0.160. The van der Waals surface area contributed by atoms with E-state index in [1.54, 1.807) is 13.8 Å². The number of aliphatic hydroxyl groups is 1. The maximum atomic E-state index is 11.1. The molecule has 0 fully saturated rings. The van der Waals surface area contributed by atoms with Gasteiger partial charge in [-0.3, -0.25) is 0 Å². The summed E-state index contributed by atoms with van der Waals surface area (Å²) in [4.78, 5) is 0. The molecule has 0 aromatic rings. The monoisotopic (exact) mass is 229 g/mol. The molecule has 2 unspecified atom stereocenters. The highest BCUT2D eigenvalue weighted by atomic mass is 35.5. The van der Waals surface area contributed by atoms with Crippen LogP contribution < -0.4 is 4.72 Å². The third-order valence-electron chi connectivity index (χ3n) is 1.42. The zero-order valence-corrected chi connectivity index (χ0v) is 9.40. The van der Waals surface area contributed by atoms with Gasteiger partial charge in [0, 0.05) is 11.9 Å². The van der Waals surface area contributed by atoms with Crippen molar-refractivity contribution in [3.63, 3.8) is 0 Å². The fraction of sp³-hybridized carbons (Fsp3) is 1.00. The molecule has 2 atom stereocenters. The van der Waals surface area contributed by atoms with E-state index in [9.17, 15) is 8.42 Å². The topological polar surface area (TPSA) is 66.4 Å². The van der Waals surface area contributed by atoms with Gasteiger partial charge in [-0.05, 0) is 20.3 Å². The van der Waals surface area contributed by atoms with Crippen LogP contribution in [0.2, 0.25) is 0 Å². The van der Waals surface area contributed by atoms with Crippen LogP contribution in [-0.2, 0) is 10.0 Å². The van der Waals surface area contributed by atoms with E-state index >= 15 is 0 Å². The molecule has 0 rings (SSSR count). The summed E-state index contributed by atoms with van der Waals surface area (Å²) >= 11 is 5.31. The Balaban J connectivity index is 3.97. The predicted octanol–water partition coefficient (Wildman–Crippen LogP) is 0.304. The molecule has 0 amide bonds. The van der Waals surface area contributed by atoms with E-state index in [-0.39, 0.29) is 17.7 Å². The van der Waals surface area contributed by atoms with Crippen molar-refractivity contribution in [3.05, 3.63) is 0 Å². The Morgan fingerprint density at radius 1 is 1.46 bits per heavy atom. The van der Waals surface area contributed by atoms with E-state index in [2.05, 4.69) is 4.72 Å². The van der Waals surface area contributed by atoms with Gasteiger partial charge in [0.15, 0.2) is 0 Å². The van der Waals surface area contributed by atoms with Crippen LogP contribution in [0.25, 0.3) is 0 Å². The Labute approximate surface area is 84.3 Å². The second-order valence-electron chi connectivity index (χ2n) is 3.11. The smallest absolute Gasteiger partial charge is 0.213 e. The summed E-state index contributed by atoms with van der Waals surface area (Å²) < 4.78 is 24.7. The highest BCUT2D eigenvalue weighted by Crippen LogP contribution is 1.99. The molecule has 13 heavy (non-hydrogen) atoms. The molecule has 0 aromatic heterocycles. The molecule has 80 valence electrons. The van der Waals surface area contributed by atoms with Gasteiger partial charge in [-0.1, -0.05) is 0 Å². The molecule has 0 heterocycles. The van der Waals surface area contributed by atoms with E-state index < -0.39 is 16.1 Å². The fourth-order valence-corrected chi connectivity index (χ4v) is 2.67. The van der Waals surface area contributed by atoms with Crippen LogP contribution in [0, 0.1) is 0 Å². The lowest BCUT2D eigenvalue weighted by molar-refractivity contribution is 0.175. The third-order valence-corrected chi connectivity index (χ3v) is 3.34. The van der Waals surface area contributed by atoms with Gasteiger partial charge in [0.1, 0.15) is 0 Å². The van der Waals surface area contributed by atoms with Crippen molar-refractivity contribution in [2.45, 2.75) is 32.4 Å². The zero-order chi connectivity index (χ0) is 10.5. The van der Waals surface area contributed by atoms with Crippen LogP contribution in [0.1, 0.15) is 20.3 Å². The quantitative estimate of drug-likeness (QED) is 0.644. The molecule has 4 nitrogen and oxygen atoms in total. The standard InChI is InChI=1S/C7H16ClNO3S/c1-6(5-7(2)10)9-13(11,12)4-3-8/h6-7,9-10H,3-5H2,1-2H3. The van der Waals surface area contributed by atoms with Gasteiger partial charge < -0.3 is 5.11 Å². The number of alkyl halides is 1. The average Bonchev–Trinajstić information content (AvgIpc) is 1.81. The Kier molecular flexibility index (Phi) is 5.87. The lowest BCUT2D eigenvalue weighted by atomic mass is 10.2. The molecular weight excluding hydrogens is 214 g/mol. The van der Waals surface area contributed by atoms with E-state index in [1.807, 2.05) is 0 Å². The maximum absolute atomic E-state index is 11.1. The second kappa shape index (κ2) is 5.80. The van der Waals surface area contributed by atoms with Crippen LogP contribution in [0.3, 0.4) is 0 Å². The van der Waals surface area contributed by atoms with Crippen molar-refractivity contribution in [1.82, 2.24) is 4.72 Å². The number of halogens is 1. The molecule has 0 spiro atoms. The van der Waals surface area contributed by atoms with Crippen molar-refractivity contribution in [2.75, 3.05) is 11.6 Å².